The van der Waals surface area contributed by atoms with Gasteiger partial charge < -0.3 is 0 Å². The molecule has 3 N–H and O–H groups in total. The van der Waals surface area contributed by atoms with E-state index in [1.165, 1.54) is 0 Å². The number of nitrogens with two attached hydrogens (primary N) is 1. The summed E-state index contributed by atoms with van der Waals surface area (Å²) in [5, 5.41) is 4.44. The van der Waals surface area contributed by atoms with Crippen LogP contribution >= 0.6 is 0 Å². The lowest BCUT2D eigenvalue weighted by atomic mass is 9.99. The topological polar surface area (TPSA) is 72.9 Å². The molecule has 2 aromatic rings. The molecule has 0 saturated carbocycles. The highest BCUT2D eigenvalue weighted by atomic mass is 16.2. The smallest absolute Gasteiger partial charge is 0.241 e. The van der Waals surface area contributed by atoms with Gasteiger partial charge in [0.15, 0.2) is 0 Å². The van der Waals surface area contributed by atoms with Crippen LogP contribution in [0.4, 0.5) is 0 Å². The van der Waals surface area contributed by atoms with Gasteiger partial charge in [-0.15, -0.1) is 0 Å². The van der Waals surface area contributed by atoms with Crippen molar-refractivity contribution in [3.8, 4) is 0 Å². The van der Waals surface area contributed by atoms with E-state index in [-0.39, 0.29) is 11.8 Å². The van der Waals surface area contributed by atoms with E-state index in [0.717, 1.165) is 29.1 Å². The molecule has 5 heteroatoms. The number of aromatic nitrogens is 2. The van der Waals surface area contributed by atoms with E-state index in [9.17, 15) is 4.79 Å². The zero-order chi connectivity index (χ0) is 14.7. The average molecular weight is 272 g/mol. The van der Waals surface area contributed by atoms with Gasteiger partial charge in [0.2, 0.25) is 5.91 Å². The fourth-order valence-electron chi connectivity index (χ4n) is 2.20. The molecule has 0 bridgehead atoms. The van der Waals surface area contributed by atoms with Crippen molar-refractivity contribution in [3.05, 3.63) is 52.8 Å². The van der Waals surface area contributed by atoms with Crippen molar-refractivity contribution in [1.29, 1.82) is 0 Å². The normalized spacial score (nSPS) is 12.2. The molecule has 1 aromatic carbocycles. The van der Waals surface area contributed by atoms with Gasteiger partial charge in [-0.1, -0.05) is 24.3 Å². The predicted molar refractivity (Wildman–Crippen MR) is 78.0 cm³/mol. The maximum absolute atomic E-state index is 11.5. The van der Waals surface area contributed by atoms with Gasteiger partial charge in [-0.2, -0.15) is 5.10 Å². The number of rotatable bonds is 4. The first-order chi connectivity index (χ1) is 9.51. The van der Waals surface area contributed by atoms with Crippen LogP contribution in [0.1, 0.15) is 35.4 Å². The lowest BCUT2D eigenvalue weighted by Crippen LogP contribution is -2.33. The van der Waals surface area contributed by atoms with E-state index in [1.807, 2.05) is 49.7 Å². The second-order valence-electron chi connectivity index (χ2n) is 5.06. The van der Waals surface area contributed by atoms with Crippen LogP contribution in [0.25, 0.3) is 0 Å². The lowest BCUT2D eigenvalue weighted by molar-refractivity contribution is -0.122. The molecular formula is C15H20N4O. The third-order valence-electron chi connectivity index (χ3n) is 3.45. The minimum Gasteiger partial charge on any atom is -0.294 e. The Kier molecular flexibility index (Phi) is 4.20. The van der Waals surface area contributed by atoms with Crippen molar-refractivity contribution in [1.82, 2.24) is 15.2 Å². The third kappa shape index (κ3) is 3.05. The van der Waals surface area contributed by atoms with Crippen molar-refractivity contribution in [2.24, 2.45) is 5.84 Å². The Bertz CT molecular complexity index is 601. The van der Waals surface area contributed by atoms with E-state index in [0.29, 0.717) is 0 Å². The van der Waals surface area contributed by atoms with Crippen molar-refractivity contribution >= 4 is 5.91 Å². The number of hydrogen-bond donors (Lipinski definition) is 2. The summed E-state index contributed by atoms with van der Waals surface area (Å²) in [4.78, 5) is 11.5. The van der Waals surface area contributed by atoms with Gasteiger partial charge >= 0.3 is 0 Å². The highest BCUT2D eigenvalue weighted by Gasteiger charge is 2.13. The van der Waals surface area contributed by atoms with E-state index >= 15 is 0 Å². The molecule has 0 aliphatic rings. The number of amides is 1. The summed E-state index contributed by atoms with van der Waals surface area (Å²) in [6.45, 7) is 6.59. The molecule has 0 saturated heterocycles. The molecule has 0 fully saturated rings. The standard InChI is InChI=1S/C15H20N4O/c1-10-8-11(2)19(18-10)9-13-4-6-14(7-5-13)12(3)15(20)17-16/h4-8,12H,9,16H2,1-3H3,(H,17,20). The molecule has 1 aromatic heterocycles. The first kappa shape index (κ1) is 14.3. The third-order valence-corrected chi connectivity index (χ3v) is 3.45. The summed E-state index contributed by atoms with van der Waals surface area (Å²) >= 11 is 0. The summed E-state index contributed by atoms with van der Waals surface area (Å²) < 4.78 is 1.97. The van der Waals surface area contributed by atoms with Gasteiger partial charge in [0.05, 0.1) is 18.2 Å². The Morgan fingerprint density at radius 1 is 1.35 bits per heavy atom. The lowest BCUT2D eigenvalue weighted by Gasteiger charge is -2.11. The fourth-order valence-corrected chi connectivity index (χ4v) is 2.20. The highest BCUT2D eigenvalue weighted by Crippen LogP contribution is 2.16. The molecule has 0 aliphatic heterocycles. The minimum absolute atomic E-state index is 0.184. The Hall–Kier alpha value is -2.14. The Morgan fingerprint density at radius 2 is 2.00 bits per heavy atom. The van der Waals surface area contributed by atoms with Crippen LogP contribution in [0.3, 0.4) is 0 Å². The molecule has 20 heavy (non-hydrogen) atoms. The largest absolute Gasteiger partial charge is 0.294 e. The van der Waals surface area contributed by atoms with Crippen LogP contribution in [0, 0.1) is 13.8 Å². The van der Waals surface area contributed by atoms with Crippen molar-refractivity contribution in [2.75, 3.05) is 0 Å². The molecule has 1 heterocycles. The van der Waals surface area contributed by atoms with Crippen LogP contribution in [0.5, 0.6) is 0 Å². The average Bonchev–Trinajstić information content (AvgIpc) is 2.76. The number of aryl methyl sites for hydroxylation is 2. The zero-order valence-corrected chi connectivity index (χ0v) is 12.1. The van der Waals surface area contributed by atoms with E-state index in [2.05, 4.69) is 16.6 Å². The summed E-state index contributed by atoms with van der Waals surface area (Å²) in [6, 6.07) is 10.0. The number of carbonyl (C=O) groups excluding carboxylic acids is 1. The Labute approximate surface area is 118 Å². The van der Waals surface area contributed by atoms with E-state index < -0.39 is 0 Å². The SMILES string of the molecule is Cc1cc(C)n(Cc2ccc(C(C)C(=O)NN)cc2)n1. The predicted octanol–water partition coefficient (Wildman–Crippen LogP) is 1.64. The molecule has 0 aliphatic carbocycles. The minimum atomic E-state index is -0.247. The quantitative estimate of drug-likeness (QED) is 0.505. The van der Waals surface area contributed by atoms with Gasteiger partial charge in [-0.05, 0) is 38.0 Å². The molecule has 106 valence electrons. The number of nitrogens with zero attached hydrogens (tertiary/aromatic N) is 2. The summed E-state index contributed by atoms with van der Waals surface area (Å²) in [5.74, 6) is 4.72. The molecule has 2 rings (SSSR count). The van der Waals surface area contributed by atoms with Crippen LogP contribution in [-0.2, 0) is 11.3 Å². The monoisotopic (exact) mass is 272 g/mol. The molecule has 0 spiro atoms. The van der Waals surface area contributed by atoms with E-state index in [4.69, 9.17) is 5.84 Å². The van der Waals surface area contributed by atoms with Gasteiger partial charge in [-0.25, -0.2) is 5.84 Å². The van der Waals surface area contributed by atoms with Gasteiger partial charge in [-0.3, -0.25) is 14.9 Å². The maximum Gasteiger partial charge on any atom is 0.241 e. The molecular weight excluding hydrogens is 252 g/mol. The zero-order valence-electron chi connectivity index (χ0n) is 12.1. The number of hydrogen-bond acceptors (Lipinski definition) is 3. The first-order valence-electron chi connectivity index (χ1n) is 6.61. The number of hydrazine groups is 1. The second-order valence-corrected chi connectivity index (χ2v) is 5.06. The van der Waals surface area contributed by atoms with Crippen LogP contribution < -0.4 is 11.3 Å². The number of carbonyl (C=O) groups is 1. The molecule has 1 amide bonds. The fraction of sp³-hybridized carbons (Fsp3) is 0.333. The molecule has 1 atom stereocenters. The molecule has 5 nitrogen and oxygen atoms in total. The van der Waals surface area contributed by atoms with Crippen molar-refractivity contribution in [2.45, 2.75) is 33.2 Å². The van der Waals surface area contributed by atoms with Crippen molar-refractivity contribution < 1.29 is 4.79 Å². The Balaban J connectivity index is 2.12. The molecule has 1 unspecified atom stereocenters. The van der Waals surface area contributed by atoms with Crippen LogP contribution in [0.15, 0.2) is 30.3 Å². The maximum atomic E-state index is 11.5. The highest BCUT2D eigenvalue weighted by molar-refractivity contribution is 5.82. The number of benzene rings is 1. The molecule has 0 radical (unpaired) electrons. The summed E-state index contributed by atoms with van der Waals surface area (Å²) in [5.41, 5.74) is 6.44. The first-order valence-corrected chi connectivity index (χ1v) is 6.61. The van der Waals surface area contributed by atoms with Gasteiger partial charge in [0, 0.05) is 5.69 Å². The van der Waals surface area contributed by atoms with E-state index in [1.54, 1.807) is 0 Å². The van der Waals surface area contributed by atoms with Gasteiger partial charge in [0.1, 0.15) is 0 Å². The number of nitrogens with one attached hydrogen (secondary N) is 1. The van der Waals surface area contributed by atoms with Crippen LogP contribution in [0.2, 0.25) is 0 Å². The summed E-state index contributed by atoms with van der Waals surface area (Å²) in [6.07, 6.45) is 0. The Morgan fingerprint density at radius 3 is 2.50 bits per heavy atom. The second kappa shape index (κ2) is 5.88. The van der Waals surface area contributed by atoms with Crippen molar-refractivity contribution in [3.63, 3.8) is 0 Å². The van der Waals surface area contributed by atoms with Crippen LogP contribution in [-0.4, -0.2) is 15.7 Å². The summed E-state index contributed by atoms with van der Waals surface area (Å²) in [7, 11) is 0. The van der Waals surface area contributed by atoms with Gasteiger partial charge in [0.25, 0.3) is 0 Å².